The summed E-state index contributed by atoms with van der Waals surface area (Å²) in [4.78, 5) is 19.5. The van der Waals surface area contributed by atoms with Gasteiger partial charge in [-0.1, -0.05) is 40.2 Å². The number of hydrogen-bond donors (Lipinski definition) is 1. The largest absolute Gasteiger partial charge is 0.274 e. The molecule has 23 heavy (non-hydrogen) atoms. The first-order valence-corrected chi connectivity index (χ1v) is 9.36. The molecule has 8 heteroatoms. The molecule has 1 aromatic rings. The summed E-state index contributed by atoms with van der Waals surface area (Å²) in [5.74, 6) is -0.0327. The van der Waals surface area contributed by atoms with Crippen molar-refractivity contribution in [2.45, 2.75) is 19.8 Å². The van der Waals surface area contributed by atoms with Crippen LogP contribution in [0.5, 0.6) is 0 Å². The van der Waals surface area contributed by atoms with E-state index in [2.05, 4.69) is 32.6 Å². The van der Waals surface area contributed by atoms with Crippen LogP contribution in [0.15, 0.2) is 44.9 Å². The van der Waals surface area contributed by atoms with E-state index in [1.54, 1.807) is 6.20 Å². The molecule has 0 aliphatic heterocycles. The summed E-state index contributed by atoms with van der Waals surface area (Å²) in [5.41, 5.74) is 1.71. The topological polar surface area (TPSA) is 88.0 Å². The number of nitrogens with one attached hydrogen (secondary N) is 1. The molecule has 0 aliphatic carbocycles. The molecule has 0 heterocycles. The monoisotopic (exact) mass is 399 g/mol. The zero-order valence-electron chi connectivity index (χ0n) is 12.9. The van der Waals surface area contributed by atoms with E-state index in [9.17, 15) is 13.2 Å². The van der Waals surface area contributed by atoms with Crippen LogP contribution in [-0.2, 0) is 21.2 Å². The van der Waals surface area contributed by atoms with Crippen molar-refractivity contribution in [2.75, 3.05) is 6.26 Å². The van der Waals surface area contributed by atoms with Crippen LogP contribution < -0.4 is 4.72 Å². The Kier molecular flexibility index (Phi) is 7.31. The summed E-state index contributed by atoms with van der Waals surface area (Å²) in [5, 5.41) is 0. The highest BCUT2D eigenvalue weighted by Crippen LogP contribution is 2.10. The summed E-state index contributed by atoms with van der Waals surface area (Å²) < 4.78 is 24.7. The van der Waals surface area contributed by atoms with E-state index in [1.807, 2.05) is 35.9 Å². The van der Waals surface area contributed by atoms with Crippen molar-refractivity contribution in [1.29, 1.82) is 0 Å². The first-order chi connectivity index (χ1) is 10.7. The van der Waals surface area contributed by atoms with Gasteiger partial charge in [-0.05, 0) is 25.6 Å². The number of aliphatic imine (C=N–C) groups is 2. The molecule has 6 nitrogen and oxygen atoms in total. The van der Waals surface area contributed by atoms with Crippen molar-refractivity contribution < 1.29 is 13.2 Å². The minimum atomic E-state index is -3.51. The van der Waals surface area contributed by atoms with Crippen LogP contribution in [0.4, 0.5) is 0 Å². The highest BCUT2D eigenvalue weighted by Gasteiger charge is 2.08. The Morgan fingerprint density at radius 3 is 2.43 bits per heavy atom. The normalized spacial score (nSPS) is 12.8. The van der Waals surface area contributed by atoms with E-state index in [1.165, 1.54) is 0 Å². The molecule has 1 aromatic carbocycles. The molecule has 0 spiro atoms. The number of sulfonamides is 1. The minimum Gasteiger partial charge on any atom is -0.274 e. The highest BCUT2D eigenvalue weighted by atomic mass is 79.9. The number of amides is 1. The van der Waals surface area contributed by atoms with Gasteiger partial charge in [-0.2, -0.15) is 0 Å². The first-order valence-electron chi connectivity index (χ1n) is 6.68. The molecule has 1 N–H and O–H groups in total. The SMILES string of the molecule is C=N/C(=N\C=C(/C)Br)c1ccc(CCC(=O)NS(C)(=O)=O)cc1. The molecule has 0 saturated heterocycles. The van der Waals surface area contributed by atoms with Crippen LogP contribution in [0, 0.1) is 0 Å². The average molecular weight is 400 g/mol. The first kappa shape index (κ1) is 19.2. The minimum absolute atomic E-state index is 0.0958. The number of hydrogen-bond acceptors (Lipinski definition) is 4. The van der Waals surface area contributed by atoms with Gasteiger partial charge in [0.15, 0.2) is 5.84 Å². The van der Waals surface area contributed by atoms with Crippen molar-refractivity contribution in [3.8, 4) is 0 Å². The van der Waals surface area contributed by atoms with E-state index in [4.69, 9.17) is 0 Å². The van der Waals surface area contributed by atoms with Gasteiger partial charge < -0.3 is 0 Å². The number of carbonyl (C=O) groups excluding carboxylic acids is 1. The van der Waals surface area contributed by atoms with E-state index in [0.29, 0.717) is 12.3 Å². The van der Waals surface area contributed by atoms with E-state index in [0.717, 1.165) is 21.9 Å². The zero-order chi connectivity index (χ0) is 17.5. The van der Waals surface area contributed by atoms with E-state index >= 15 is 0 Å². The fourth-order valence-electron chi connectivity index (χ4n) is 1.69. The van der Waals surface area contributed by atoms with Crippen molar-refractivity contribution >= 4 is 44.4 Å². The Labute approximate surface area is 144 Å². The number of nitrogens with zero attached hydrogens (tertiary/aromatic N) is 2. The number of amidine groups is 1. The lowest BCUT2D eigenvalue weighted by molar-refractivity contribution is -0.119. The maximum absolute atomic E-state index is 11.5. The van der Waals surface area contributed by atoms with Crippen LogP contribution in [0.3, 0.4) is 0 Å². The Morgan fingerprint density at radius 2 is 1.96 bits per heavy atom. The van der Waals surface area contributed by atoms with Gasteiger partial charge in [0.1, 0.15) is 0 Å². The zero-order valence-corrected chi connectivity index (χ0v) is 15.3. The summed E-state index contributed by atoms with van der Waals surface area (Å²) in [6.45, 7) is 5.35. The second kappa shape index (κ2) is 8.73. The van der Waals surface area contributed by atoms with Gasteiger partial charge in [-0.15, -0.1) is 0 Å². The second-order valence-corrected chi connectivity index (χ2v) is 7.82. The van der Waals surface area contributed by atoms with E-state index in [-0.39, 0.29) is 6.42 Å². The van der Waals surface area contributed by atoms with Gasteiger partial charge in [0.2, 0.25) is 15.9 Å². The third-order valence-corrected chi connectivity index (χ3v) is 3.47. The molecule has 0 saturated carbocycles. The summed E-state index contributed by atoms with van der Waals surface area (Å²) in [7, 11) is -3.51. The molecule has 0 aromatic heterocycles. The number of halogens is 1. The Bertz CT molecular complexity index is 734. The standard InChI is InChI=1S/C15H18BrN3O3S/c1-11(16)10-18-15(17-2)13-7-4-12(5-8-13)6-9-14(20)19-23(3,21)22/h4-5,7-8,10H,2,6,9H2,1,3H3,(H,19,20)/b11-10+,18-15-. The van der Waals surface area contributed by atoms with Gasteiger partial charge in [-0.25, -0.2) is 18.4 Å². The molecule has 0 unspecified atom stereocenters. The fourth-order valence-corrected chi connectivity index (χ4v) is 2.31. The van der Waals surface area contributed by atoms with Crippen LogP contribution >= 0.6 is 15.9 Å². The molecule has 0 fully saturated rings. The van der Waals surface area contributed by atoms with Gasteiger partial charge in [0, 0.05) is 22.7 Å². The van der Waals surface area contributed by atoms with Gasteiger partial charge in [0.05, 0.1) is 6.26 Å². The van der Waals surface area contributed by atoms with Crippen LogP contribution in [-0.4, -0.2) is 33.1 Å². The van der Waals surface area contributed by atoms with Crippen LogP contribution in [0.1, 0.15) is 24.5 Å². The molecule has 1 rings (SSSR count). The molecular weight excluding hydrogens is 382 g/mol. The van der Waals surface area contributed by atoms with Crippen LogP contribution in [0.2, 0.25) is 0 Å². The Hall–Kier alpha value is -1.80. The third-order valence-electron chi connectivity index (χ3n) is 2.67. The summed E-state index contributed by atoms with van der Waals surface area (Å²) in [6, 6.07) is 7.34. The van der Waals surface area contributed by atoms with Crippen molar-refractivity contribution in [3.05, 3.63) is 46.1 Å². The summed E-state index contributed by atoms with van der Waals surface area (Å²) >= 11 is 3.28. The molecule has 1 amide bonds. The number of aryl methyl sites for hydroxylation is 1. The number of carbonyl (C=O) groups is 1. The maximum atomic E-state index is 11.5. The lowest BCUT2D eigenvalue weighted by atomic mass is 10.1. The molecule has 0 atom stereocenters. The van der Waals surface area contributed by atoms with Gasteiger partial charge in [-0.3, -0.25) is 9.52 Å². The number of benzene rings is 1. The second-order valence-electron chi connectivity index (χ2n) is 4.82. The number of allylic oxidation sites excluding steroid dienone is 1. The van der Waals surface area contributed by atoms with Crippen molar-refractivity contribution in [2.24, 2.45) is 9.98 Å². The summed E-state index contributed by atoms with van der Waals surface area (Å²) in [6.07, 6.45) is 3.12. The van der Waals surface area contributed by atoms with E-state index < -0.39 is 15.9 Å². The lowest BCUT2D eigenvalue weighted by Crippen LogP contribution is -2.29. The van der Waals surface area contributed by atoms with Crippen molar-refractivity contribution in [3.63, 3.8) is 0 Å². The predicted octanol–water partition coefficient (Wildman–Crippen LogP) is 2.40. The van der Waals surface area contributed by atoms with Gasteiger partial charge in [0.25, 0.3) is 0 Å². The molecule has 0 aliphatic rings. The third kappa shape index (κ3) is 7.85. The number of rotatable bonds is 6. The quantitative estimate of drug-likeness (QED) is 0.588. The highest BCUT2D eigenvalue weighted by molar-refractivity contribution is 9.11. The smallest absolute Gasteiger partial charge is 0.233 e. The average Bonchev–Trinajstić information content (AvgIpc) is 2.45. The maximum Gasteiger partial charge on any atom is 0.233 e. The Balaban J connectivity index is 2.73. The molecule has 124 valence electrons. The molecule has 0 bridgehead atoms. The molecule has 0 radical (unpaired) electrons. The predicted molar refractivity (Wildman–Crippen MR) is 96.5 cm³/mol. The van der Waals surface area contributed by atoms with Crippen LogP contribution in [0.25, 0.3) is 0 Å². The Morgan fingerprint density at radius 1 is 1.35 bits per heavy atom. The van der Waals surface area contributed by atoms with Crippen molar-refractivity contribution in [1.82, 2.24) is 4.72 Å². The fraction of sp³-hybridized carbons (Fsp3) is 0.267. The molecular formula is C15H18BrN3O3S. The lowest BCUT2D eigenvalue weighted by Gasteiger charge is -2.05. The van der Waals surface area contributed by atoms with Gasteiger partial charge >= 0.3 is 0 Å².